The van der Waals surface area contributed by atoms with E-state index in [0.29, 0.717) is 30.9 Å². The molecule has 0 unspecified atom stereocenters. The monoisotopic (exact) mass is 413 g/mol. The SMILES string of the molecule is COCCNCCNC(=O)c1ccc(NS(=O)(=O)c2ccccc2)cc1.Cl. The van der Waals surface area contributed by atoms with Crippen LogP contribution in [0.4, 0.5) is 5.69 Å². The summed E-state index contributed by atoms with van der Waals surface area (Å²) in [6, 6.07) is 14.4. The Morgan fingerprint density at radius 3 is 2.26 bits per heavy atom. The van der Waals surface area contributed by atoms with Gasteiger partial charge < -0.3 is 15.4 Å². The molecule has 0 saturated heterocycles. The van der Waals surface area contributed by atoms with Crippen LogP contribution in [0, 0.1) is 0 Å². The number of hydrogen-bond donors (Lipinski definition) is 3. The summed E-state index contributed by atoms with van der Waals surface area (Å²) in [4.78, 5) is 12.2. The zero-order valence-corrected chi connectivity index (χ0v) is 16.6. The number of ether oxygens (including phenoxy) is 1. The lowest BCUT2D eigenvalue weighted by Crippen LogP contribution is -2.33. The maximum atomic E-state index is 12.3. The number of amides is 1. The van der Waals surface area contributed by atoms with Crippen LogP contribution < -0.4 is 15.4 Å². The second-order valence-electron chi connectivity index (χ2n) is 5.49. The third-order valence-electron chi connectivity index (χ3n) is 3.52. The van der Waals surface area contributed by atoms with Crippen molar-refractivity contribution >= 4 is 34.0 Å². The highest BCUT2D eigenvalue weighted by atomic mass is 35.5. The Morgan fingerprint density at radius 1 is 0.963 bits per heavy atom. The molecule has 0 heterocycles. The quantitative estimate of drug-likeness (QED) is 0.517. The van der Waals surface area contributed by atoms with Gasteiger partial charge in [0.15, 0.2) is 0 Å². The Kier molecular flexibility index (Phi) is 9.81. The summed E-state index contributed by atoms with van der Waals surface area (Å²) >= 11 is 0. The van der Waals surface area contributed by atoms with Gasteiger partial charge in [-0.1, -0.05) is 18.2 Å². The number of rotatable bonds is 10. The van der Waals surface area contributed by atoms with Crippen molar-refractivity contribution in [1.29, 1.82) is 0 Å². The second-order valence-corrected chi connectivity index (χ2v) is 7.18. The van der Waals surface area contributed by atoms with E-state index in [1.54, 1.807) is 49.6 Å². The molecule has 0 radical (unpaired) electrons. The average Bonchev–Trinajstić information content (AvgIpc) is 2.65. The van der Waals surface area contributed by atoms with E-state index in [9.17, 15) is 13.2 Å². The Labute approximate surface area is 166 Å². The van der Waals surface area contributed by atoms with E-state index in [-0.39, 0.29) is 23.2 Å². The third-order valence-corrected chi connectivity index (χ3v) is 4.92. The van der Waals surface area contributed by atoms with Gasteiger partial charge in [0, 0.05) is 38.0 Å². The van der Waals surface area contributed by atoms with Crippen molar-refractivity contribution in [3.63, 3.8) is 0 Å². The van der Waals surface area contributed by atoms with Gasteiger partial charge in [-0.3, -0.25) is 9.52 Å². The molecule has 0 aliphatic carbocycles. The Morgan fingerprint density at radius 2 is 1.63 bits per heavy atom. The van der Waals surface area contributed by atoms with Crippen molar-refractivity contribution in [2.45, 2.75) is 4.90 Å². The number of hydrogen-bond acceptors (Lipinski definition) is 5. The lowest BCUT2D eigenvalue weighted by Gasteiger charge is -2.09. The summed E-state index contributed by atoms with van der Waals surface area (Å²) in [7, 11) is -2.01. The predicted octanol–water partition coefficient (Wildman–Crippen LogP) is 1.87. The third kappa shape index (κ3) is 7.56. The smallest absolute Gasteiger partial charge is 0.261 e. The van der Waals surface area contributed by atoms with Gasteiger partial charge in [-0.2, -0.15) is 0 Å². The summed E-state index contributed by atoms with van der Waals surface area (Å²) in [5.41, 5.74) is 0.858. The first-order valence-electron chi connectivity index (χ1n) is 8.19. The normalized spacial score (nSPS) is 10.7. The van der Waals surface area contributed by atoms with E-state index in [1.165, 1.54) is 12.1 Å². The number of sulfonamides is 1. The summed E-state index contributed by atoms with van der Waals surface area (Å²) in [5, 5.41) is 5.92. The summed E-state index contributed by atoms with van der Waals surface area (Å²) in [6.45, 7) is 2.48. The minimum absolute atomic E-state index is 0. The van der Waals surface area contributed by atoms with E-state index >= 15 is 0 Å². The Balaban J connectivity index is 0.00000364. The average molecular weight is 414 g/mol. The van der Waals surface area contributed by atoms with Crippen LogP contribution >= 0.6 is 12.4 Å². The molecule has 0 aromatic heterocycles. The van der Waals surface area contributed by atoms with Gasteiger partial charge in [0.25, 0.3) is 15.9 Å². The first-order valence-corrected chi connectivity index (χ1v) is 9.67. The first kappa shape index (κ1) is 22.9. The van der Waals surface area contributed by atoms with Gasteiger partial charge in [-0.05, 0) is 36.4 Å². The molecule has 0 atom stereocenters. The van der Waals surface area contributed by atoms with Gasteiger partial charge in [-0.15, -0.1) is 12.4 Å². The molecule has 27 heavy (non-hydrogen) atoms. The standard InChI is InChI=1S/C18H23N3O4S.ClH/c1-25-14-13-19-11-12-20-18(22)15-7-9-16(10-8-15)21-26(23,24)17-5-3-2-4-6-17;/h2-10,19,21H,11-14H2,1H3,(H,20,22);1H. The number of carbonyl (C=O) groups excluding carboxylic acids is 1. The van der Waals surface area contributed by atoms with Crippen LogP contribution in [-0.2, 0) is 14.8 Å². The zero-order valence-electron chi connectivity index (χ0n) is 15.0. The molecule has 2 aromatic carbocycles. The second kappa shape index (κ2) is 11.6. The van der Waals surface area contributed by atoms with E-state index in [2.05, 4.69) is 15.4 Å². The molecule has 7 nitrogen and oxygen atoms in total. The van der Waals surface area contributed by atoms with Crippen LogP contribution in [0.2, 0.25) is 0 Å². The van der Waals surface area contributed by atoms with Crippen molar-refractivity contribution in [2.75, 3.05) is 38.1 Å². The number of anilines is 1. The van der Waals surface area contributed by atoms with Crippen LogP contribution in [0.5, 0.6) is 0 Å². The molecule has 0 bridgehead atoms. The number of nitrogens with one attached hydrogen (secondary N) is 3. The lowest BCUT2D eigenvalue weighted by molar-refractivity contribution is 0.0953. The van der Waals surface area contributed by atoms with Crippen LogP contribution in [0.15, 0.2) is 59.5 Å². The summed E-state index contributed by atoms with van der Waals surface area (Å²) in [5.74, 6) is -0.212. The molecule has 148 valence electrons. The maximum absolute atomic E-state index is 12.3. The number of carbonyl (C=O) groups is 1. The van der Waals surface area contributed by atoms with Crippen LogP contribution in [-0.4, -0.2) is 47.7 Å². The summed E-state index contributed by atoms with van der Waals surface area (Å²) in [6.07, 6.45) is 0. The molecule has 1 amide bonds. The number of methoxy groups -OCH3 is 1. The molecule has 0 fully saturated rings. The van der Waals surface area contributed by atoms with Crippen LogP contribution in [0.1, 0.15) is 10.4 Å². The van der Waals surface area contributed by atoms with Crippen molar-refractivity contribution in [3.05, 3.63) is 60.2 Å². The van der Waals surface area contributed by atoms with Crippen molar-refractivity contribution in [3.8, 4) is 0 Å². The molecule has 3 N–H and O–H groups in total. The topological polar surface area (TPSA) is 96.5 Å². The van der Waals surface area contributed by atoms with Crippen molar-refractivity contribution < 1.29 is 17.9 Å². The largest absolute Gasteiger partial charge is 0.383 e. The molecule has 0 aliphatic heterocycles. The highest BCUT2D eigenvalue weighted by Crippen LogP contribution is 2.16. The fraction of sp³-hybridized carbons (Fsp3) is 0.278. The highest BCUT2D eigenvalue weighted by Gasteiger charge is 2.13. The van der Waals surface area contributed by atoms with E-state index < -0.39 is 10.0 Å². The van der Waals surface area contributed by atoms with Crippen molar-refractivity contribution in [2.24, 2.45) is 0 Å². The van der Waals surface area contributed by atoms with E-state index in [4.69, 9.17) is 4.74 Å². The maximum Gasteiger partial charge on any atom is 0.261 e. The molecule has 2 aromatic rings. The summed E-state index contributed by atoms with van der Waals surface area (Å²) < 4.78 is 31.9. The van der Waals surface area contributed by atoms with E-state index in [1.807, 2.05) is 0 Å². The number of halogens is 1. The Bertz CT molecular complexity index is 799. The fourth-order valence-corrected chi connectivity index (χ4v) is 3.25. The van der Waals surface area contributed by atoms with E-state index in [0.717, 1.165) is 6.54 Å². The minimum atomic E-state index is -3.64. The molecule has 0 spiro atoms. The van der Waals surface area contributed by atoms with Gasteiger partial charge in [0.1, 0.15) is 0 Å². The highest BCUT2D eigenvalue weighted by molar-refractivity contribution is 7.92. The molecule has 9 heteroatoms. The van der Waals surface area contributed by atoms with Gasteiger partial charge in [-0.25, -0.2) is 8.42 Å². The van der Waals surface area contributed by atoms with Gasteiger partial charge in [0.2, 0.25) is 0 Å². The minimum Gasteiger partial charge on any atom is -0.383 e. The molecule has 2 rings (SSSR count). The van der Waals surface area contributed by atoms with Crippen LogP contribution in [0.3, 0.4) is 0 Å². The lowest BCUT2D eigenvalue weighted by atomic mass is 10.2. The zero-order chi connectivity index (χ0) is 18.8. The van der Waals surface area contributed by atoms with Crippen LogP contribution in [0.25, 0.3) is 0 Å². The predicted molar refractivity (Wildman–Crippen MR) is 108 cm³/mol. The van der Waals surface area contributed by atoms with Crippen molar-refractivity contribution in [1.82, 2.24) is 10.6 Å². The Hall–Kier alpha value is -2.13. The molecular weight excluding hydrogens is 390 g/mol. The molecule has 0 aliphatic rings. The number of benzene rings is 2. The van der Waals surface area contributed by atoms with Gasteiger partial charge in [0.05, 0.1) is 11.5 Å². The first-order chi connectivity index (χ1) is 12.5. The molecule has 0 saturated carbocycles. The molecular formula is C18H24ClN3O4S. The van der Waals surface area contributed by atoms with Gasteiger partial charge >= 0.3 is 0 Å². The fourth-order valence-electron chi connectivity index (χ4n) is 2.17.